The maximum atomic E-state index is 12.8. The summed E-state index contributed by atoms with van der Waals surface area (Å²) in [7, 11) is 2.14. The minimum absolute atomic E-state index is 0.113. The highest BCUT2D eigenvalue weighted by molar-refractivity contribution is 5.97. The van der Waals surface area contributed by atoms with E-state index in [-0.39, 0.29) is 5.91 Å². The van der Waals surface area contributed by atoms with Gasteiger partial charge in [-0.25, -0.2) is 0 Å². The highest BCUT2D eigenvalue weighted by Gasteiger charge is 2.22. The summed E-state index contributed by atoms with van der Waals surface area (Å²) in [6, 6.07) is 17.5. The van der Waals surface area contributed by atoms with Gasteiger partial charge in [0.2, 0.25) is 0 Å². The van der Waals surface area contributed by atoms with E-state index in [4.69, 9.17) is 4.74 Å². The van der Waals surface area contributed by atoms with Crippen LogP contribution in [0.4, 0.5) is 11.4 Å². The van der Waals surface area contributed by atoms with E-state index in [1.54, 1.807) is 0 Å². The highest BCUT2D eigenvalue weighted by atomic mass is 16.5. The minimum atomic E-state index is -0.516. The first-order chi connectivity index (χ1) is 12.7. The topological polar surface area (TPSA) is 44.8 Å². The van der Waals surface area contributed by atoms with Crippen LogP contribution in [0.1, 0.15) is 13.3 Å². The number of benzene rings is 2. The van der Waals surface area contributed by atoms with Gasteiger partial charge in [0, 0.05) is 26.2 Å². The summed E-state index contributed by atoms with van der Waals surface area (Å²) in [5, 5.41) is 3.07. The predicted molar refractivity (Wildman–Crippen MR) is 106 cm³/mol. The molecule has 1 heterocycles. The van der Waals surface area contributed by atoms with Crippen molar-refractivity contribution in [1.82, 2.24) is 4.90 Å². The number of likely N-dealkylation sites (N-methyl/N-ethyl adjacent to an activating group) is 1. The van der Waals surface area contributed by atoms with E-state index in [1.807, 2.05) is 55.5 Å². The monoisotopic (exact) mass is 353 g/mol. The molecule has 1 amide bonds. The maximum Gasteiger partial charge on any atom is 0.265 e. The first-order valence-electron chi connectivity index (χ1n) is 9.22. The Kier molecular flexibility index (Phi) is 6.12. The van der Waals surface area contributed by atoms with Crippen molar-refractivity contribution < 1.29 is 9.53 Å². The van der Waals surface area contributed by atoms with Crippen LogP contribution in [0.25, 0.3) is 0 Å². The van der Waals surface area contributed by atoms with Crippen molar-refractivity contribution in [3.05, 3.63) is 54.6 Å². The van der Waals surface area contributed by atoms with Crippen molar-refractivity contribution in [2.24, 2.45) is 0 Å². The van der Waals surface area contributed by atoms with Crippen LogP contribution < -0.4 is 15.0 Å². The Labute approximate surface area is 155 Å². The van der Waals surface area contributed by atoms with E-state index in [0.717, 1.165) is 37.6 Å². The standard InChI is InChI=1S/C21H27N3O2/c1-3-20(26-17-9-5-4-6-10-17)21(25)22-18-11-7-8-12-19(18)24-15-13-23(2)14-16-24/h4-12,20H,3,13-16H2,1-2H3,(H,22,25)/t20-/m0/s1. The first kappa shape index (κ1) is 18.3. The largest absolute Gasteiger partial charge is 0.481 e. The molecular formula is C21H27N3O2. The number of anilines is 2. The van der Waals surface area contributed by atoms with E-state index < -0.39 is 6.10 Å². The smallest absolute Gasteiger partial charge is 0.265 e. The number of nitrogens with zero attached hydrogens (tertiary/aromatic N) is 2. The molecule has 3 rings (SSSR count). The van der Waals surface area contributed by atoms with E-state index >= 15 is 0 Å². The maximum absolute atomic E-state index is 12.8. The molecule has 1 atom stereocenters. The molecule has 0 unspecified atom stereocenters. The Hall–Kier alpha value is -2.53. The van der Waals surface area contributed by atoms with E-state index in [0.29, 0.717) is 12.2 Å². The van der Waals surface area contributed by atoms with Gasteiger partial charge >= 0.3 is 0 Å². The molecule has 26 heavy (non-hydrogen) atoms. The summed E-state index contributed by atoms with van der Waals surface area (Å²) >= 11 is 0. The lowest BCUT2D eigenvalue weighted by molar-refractivity contribution is -0.122. The van der Waals surface area contributed by atoms with Gasteiger partial charge in [-0.2, -0.15) is 0 Å². The number of para-hydroxylation sites is 3. The molecule has 2 aromatic rings. The molecule has 1 aliphatic rings. The molecule has 138 valence electrons. The Morgan fingerprint density at radius 2 is 1.69 bits per heavy atom. The molecule has 0 saturated carbocycles. The number of carbonyl (C=O) groups excluding carboxylic acids is 1. The molecule has 1 saturated heterocycles. The van der Waals surface area contributed by atoms with Gasteiger partial charge < -0.3 is 19.9 Å². The van der Waals surface area contributed by atoms with Gasteiger partial charge in [-0.15, -0.1) is 0 Å². The minimum Gasteiger partial charge on any atom is -0.481 e. The second-order valence-corrected chi connectivity index (χ2v) is 6.62. The normalized spacial score (nSPS) is 16.2. The average molecular weight is 353 g/mol. The van der Waals surface area contributed by atoms with Gasteiger partial charge in [-0.1, -0.05) is 37.3 Å². The van der Waals surface area contributed by atoms with Crippen LogP contribution >= 0.6 is 0 Å². The molecule has 0 aromatic heterocycles. The number of piperazine rings is 1. The Morgan fingerprint density at radius 3 is 2.38 bits per heavy atom. The van der Waals surface area contributed by atoms with Gasteiger partial charge in [-0.3, -0.25) is 4.79 Å². The van der Waals surface area contributed by atoms with Crippen molar-refractivity contribution in [2.75, 3.05) is 43.4 Å². The summed E-state index contributed by atoms with van der Waals surface area (Å²) in [6.45, 7) is 5.93. The van der Waals surface area contributed by atoms with E-state index in [2.05, 4.69) is 28.2 Å². The SMILES string of the molecule is CC[C@H](Oc1ccccc1)C(=O)Nc1ccccc1N1CCN(C)CC1. The van der Waals surface area contributed by atoms with Crippen molar-refractivity contribution in [3.8, 4) is 5.75 Å². The number of nitrogens with one attached hydrogen (secondary N) is 1. The van der Waals surface area contributed by atoms with Gasteiger partial charge in [-0.05, 0) is 37.7 Å². The fourth-order valence-electron chi connectivity index (χ4n) is 3.10. The molecule has 0 aliphatic carbocycles. The summed E-state index contributed by atoms with van der Waals surface area (Å²) in [5.74, 6) is 0.597. The summed E-state index contributed by atoms with van der Waals surface area (Å²) in [4.78, 5) is 17.4. The van der Waals surface area contributed by atoms with Crippen molar-refractivity contribution >= 4 is 17.3 Å². The third-order valence-electron chi connectivity index (χ3n) is 4.69. The fraction of sp³-hybridized carbons (Fsp3) is 0.381. The summed E-state index contributed by atoms with van der Waals surface area (Å²) in [6.07, 6.45) is 0.0927. The van der Waals surface area contributed by atoms with Crippen LogP contribution in [0.3, 0.4) is 0 Å². The fourth-order valence-corrected chi connectivity index (χ4v) is 3.10. The van der Waals surface area contributed by atoms with E-state index in [1.165, 1.54) is 0 Å². The van der Waals surface area contributed by atoms with Crippen LogP contribution in [0.15, 0.2) is 54.6 Å². The second kappa shape index (κ2) is 8.72. The molecule has 0 bridgehead atoms. The summed E-state index contributed by atoms with van der Waals surface area (Å²) < 4.78 is 5.86. The van der Waals surface area contributed by atoms with Gasteiger partial charge in [0.15, 0.2) is 6.10 Å². The molecule has 1 fully saturated rings. The zero-order valence-electron chi connectivity index (χ0n) is 15.5. The average Bonchev–Trinajstić information content (AvgIpc) is 2.68. The quantitative estimate of drug-likeness (QED) is 0.866. The third-order valence-corrected chi connectivity index (χ3v) is 4.69. The van der Waals surface area contributed by atoms with Crippen LogP contribution in [0.2, 0.25) is 0 Å². The van der Waals surface area contributed by atoms with Gasteiger partial charge in [0.25, 0.3) is 5.91 Å². The van der Waals surface area contributed by atoms with Gasteiger partial charge in [0.1, 0.15) is 5.75 Å². The molecule has 1 aliphatic heterocycles. The molecule has 1 N–H and O–H groups in total. The summed E-state index contributed by atoms with van der Waals surface area (Å²) in [5.41, 5.74) is 1.92. The lowest BCUT2D eigenvalue weighted by Gasteiger charge is -2.35. The Balaban J connectivity index is 1.70. The van der Waals surface area contributed by atoms with Crippen molar-refractivity contribution in [1.29, 1.82) is 0 Å². The number of hydrogen-bond acceptors (Lipinski definition) is 4. The zero-order valence-corrected chi connectivity index (χ0v) is 15.5. The number of amides is 1. The third kappa shape index (κ3) is 4.55. The number of ether oxygens (including phenoxy) is 1. The number of hydrogen-bond donors (Lipinski definition) is 1. The lowest BCUT2D eigenvalue weighted by atomic mass is 10.2. The van der Waals surface area contributed by atoms with Crippen LogP contribution in [0.5, 0.6) is 5.75 Å². The predicted octanol–water partition coefficient (Wildman–Crippen LogP) is 3.23. The van der Waals surface area contributed by atoms with Crippen LogP contribution in [-0.4, -0.2) is 50.1 Å². The number of rotatable bonds is 6. The molecule has 5 nitrogen and oxygen atoms in total. The van der Waals surface area contributed by atoms with Crippen molar-refractivity contribution in [3.63, 3.8) is 0 Å². The van der Waals surface area contributed by atoms with Gasteiger partial charge in [0.05, 0.1) is 11.4 Å². The molecular weight excluding hydrogens is 326 g/mol. The lowest BCUT2D eigenvalue weighted by Crippen LogP contribution is -2.45. The molecule has 2 aromatic carbocycles. The Morgan fingerprint density at radius 1 is 1.04 bits per heavy atom. The first-order valence-corrected chi connectivity index (χ1v) is 9.22. The van der Waals surface area contributed by atoms with Crippen molar-refractivity contribution in [2.45, 2.75) is 19.4 Å². The second-order valence-electron chi connectivity index (χ2n) is 6.62. The number of carbonyl (C=O) groups is 1. The Bertz CT molecular complexity index is 712. The molecule has 0 spiro atoms. The van der Waals surface area contributed by atoms with Crippen LogP contribution in [-0.2, 0) is 4.79 Å². The van der Waals surface area contributed by atoms with E-state index in [9.17, 15) is 4.79 Å². The molecule has 0 radical (unpaired) electrons. The zero-order chi connectivity index (χ0) is 18.4. The highest BCUT2D eigenvalue weighted by Crippen LogP contribution is 2.27. The molecule has 5 heteroatoms. The van der Waals surface area contributed by atoms with Crippen LogP contribution in [0, 0.1) is 0 Å².